The maximum absolute atomic E-state index is 13.9. The molecule has 3 heterocycles. The molecule has 9 aromatic rings. The summed E-state index contributed by atoms with van der Waals surface area (Å²) in [6, 6.07) is 62.5. The minimum atomic E-state index is -1.83. The molecule has 10 rings (SSSR count). The van der Waals surface area contributed by atoms with Crippen molar-refractivity contribution < 1.29 is 47.0 Å². The molecule has 1 amide bonds. The number of hydrogen-bond acceptors (Lipinski definition) is 15. The molecule has 1 N–H and O–H groups in total. The molecule has 1 saturated heterocycles. The van der Waals surface area contributed by atoms with Gasteiger partial charge < -0.3 is 47.5 Å². The second kappa shape index (κ2) is 27.6. The summed E-state index contributed by atoms with van der Waals surface area (Å²) in [5.74, 6) is 2.38. The van der Waals surface area contributed by atoms with Crippen molar-refractivity contribution >= 4 is 31.4 Å². The Hall–Kier alpha value is -8.56. The molecular weight excluding hydrogens is 1110 g/mol. The van der Waals surface area contributed by atoms with E-state index in [1.54, 1.807) is 63.6 Å². The molecule has 0 spiro atoms. The fourth-order valence-electron chi connectivity index (χ4n) is 11.1. The molecule has 442 valence electrons. The maximum atomic E-state index is 13.9. The highest BCUT2D eigenvalue weighted by Crippen LogP contribution is 2.53. The smallest absolute Gasteiger partial charge is 0.259 e. The summed E-state index contributed by atoms with van der Waals surface area (Å²) in [5.41, 5.74) is 2.68. The number of imidazole rings is 1. The number of benzene rings is 7. The van der Waals surface area contributed by atoms with Gasteiger partial charge in [0.25, 0.3) is 14.4 Å². The average Bonchev–Trinajstić information content (AvgIpc) is 1.37. The molecule has 0 bridgehead atoms. The van der Waals surface area contributed by atoms with Crippen molar-refractivity contribution in [3.63, 3.8) is 0 Å². The van der Waals surface area contributed by atoms with Crippen LogP contribution in [0.5, 0.6) is 23.0 Å². The number of carbonyl (C=O) groups is 1. The van der Waals surface area contributed by atoms with Gasteiger partial charge in [0.2, 0.25) is 0 Å². The molecule has 2 aromatic heterocycles. The molecule has 17 nitrogen and oxygen atoms in total. The third-order valence-electron chi connectivity index (χ3n) is 15.2. The van der Waals surface area contributed by atoms with Gasteiger partial charge in [-0.2, -0.15) is 5.26 Å². The Kier molecular flexibility index (Phi) is 19.5. The standard InChI is InChI=1S/C68H70N7O10P/c1-46(2)75(47(3)4)86(81-42-18-41-69)82-43-59-61(84-67(49-21-14-10-15-22-49,51-25-33-55(77-5)34-26-51)52-27-35-56(78-6)36-28-52)62(66(83-59)74-45-72-60-63(70-44-71-64(60)74)73-65(76)48-19-12-9-13-20-48)85-68(50-23-16-11-17-24-50,53-29-37-57(79-7)38-30-53)54-31-39-58(80-8)40-32-54/h9-17,19-40,44-47,59,61-62,66H,18,42-43H2,1-8H3,(H,70,71,73,76)/t59-,61-,62-,66-,86?/m1/s1. The van der Waals surface area contributed by atoms with E-state index in [-0.39, 0.29) is 43.4 Å². The Morgan fingerprint density at radius 2 is 1.02 bits per heavy atom. The molecule has 7 aromatic carbocycles. The number of nitrogens with one attached hydrogen (secondary N) is 1. The van der Waals surface area contributed by atoms with Crippen LogP contribution in [0.4, 0.5) is 5.82 Å². The monoisotopic (exact) mass is 1180 g/mol. The number of aromatic nitrogens is 4. The van der Waals surface area contributed by atoms with Gasteiger partial charge >= 0.3 is 0 Å². The van der Waals surface area contributed by atoms with Crippen molar-refractivity contribution in [2.24, 2.45) is 0 Å². The van der Waals surface area contributed by atoms with Crippen LogP contribution in [-0.4, -0.2) is 102 Å². The van der Waals surface area contributed by atoms with Crippen molar-refractivity contribution in [3.8, 4) is 29.1 Å². The normalized spacial score (nSPS) is 16.5. The predicted octanol–water partition coefficient (Wildman–Crippen LogP) is 13.1. The minimum absolute atomic E-state index is 0.0199. The van der Waals surface area contributed by atoms with Crippen LogP contribution in [0.15, 0.2) is 201 Å². The lowest BCUT2D eigenvalue weighted by Gasteiger charge is -2.44. The first-order chi connectivity index (χ1) is 41.9. The summed E-state index contributed by atoms with van der Waals surface area (Å²) in [6.07, 6.45) is -1.23. The van der Waals surface area contributed by atoms with Crippen LogP contribution in [-0.2, 0) is 34.5 Å². The Morgan fingerprint density at radius 1 is 0.593 bits per heavy atom. The number of anilines is 1. The molecular formula is C68H70N7O10P. The highest BCUT2D eigenvalue weighted by atomic mass is 31.2. The minimum Gasteiger partial charge on any atom is -0.497 e. The van der Waals surface area contributed by atoms with Gasteiger partial charge in [-0.05, 0) is 122 Å². The molecule has 1 fully saturated rings. The number of hydrogen-bond donors (Lipinski definition) is 1. The topological polar surface area (TPSA) is 183 Å². The highest BCUT2D eigenvalue weighted by molar-refractivity contribution is 7.44. The number of amides is 1. The molecule has 0 radical (unpaired) electrons. The number of nitrogens with zero attached hydrogens (tertiary/aromatic N) is 6. The van der Waals surface area contributed by atoms with Crippen molar-refractivity contribution in [2.75, 3.05) is 47.0 Å². The van der Waals surface area contributed by atoms with Crippen LogP contribution >= 0.6 is 8.53 Å². The highest BCUT2D eigenvalue weighted by Gasteiger charge is 2.56. The summed E-state index contributed by atoms with van der Waals surface area (Å²) >= 11 is 0. The maximum Gasteiger partial charge on any atom is 0.259 e. The Labute approximate surface area is 503 Å². The fourth-order valence-corrected chi connectivity index (χ4v) is 12.8. The largest absolute Gasteiger partial charge is 0.497 e. The first-order valence-electron chi connectivity index (χ1n) is 28.4. The lowest BCUT2D eigenvalue weighted by atomic mass is 9.79. The summed E-state index contributed by atoms with van der Waals surface area (Å²) in [5, 5.41) is 12.7. The van der Waals surface area contributed by atoms with E-state index in [0.717, 1.165) is 33.4 Å². The van der Waals surface area contributed by atoms with E-state index in [1.807, 2.05) is 164 Å². The van der Waals surface area contributed by atoms with Gasteiger partial charge in [0.15, 0.2) is 23.2 Å². The lowest BCUT2D eigenvalue weighted by Crippen LogP contribution is -2.49. The van der Waals surface area contributed by atoms with Gasteiger partial charge in [-0.1, -0.05) is 127 Å². The van der Waals surface area contributed by atoms with Gasteiger partial charge in [0.1, 0.15) is 58.8 Å². The van der Waals surface area contributed by atoms with E-state index in [0.29, 0.717) is 39.7 Å². The van der Waals surface area contributed by atoms with E-state index < -0.39 is 44.3 Å². The van der Waals surface area contributed by atoms with Gasteiger partial charge in [0.05, 0.1) is 60.5 Å². The Balaban J connectivity index is 1.27. The molecule has 5 atom stereocenters. The van der Waals surface area contributed by atoms with Gasteiger partial charge in [-0.25, -0.2) is 19.6 Å². The van der Waals surface area contributed by atoms with Crippen LogP contribution in [0.1, 0.15) is 84.1 Å². The van der Waals surface area contributed by atoms with Crippen molar-refractivity contribution in [1.29, 1.82) is 5.26 Å². The zero-order chi connectivity index (χ0) is 60.2. The molecule has 0 aliphatic carbocycles. The average molecular weight is 1180 g/mol. The van der Waals surface area contributed by atoms with E-state index in [1.165, 1.54) is 6.33 Å². The second-order valence-electron chi connectivity index (χ2n) is 20.9. The van der Waals surface area contributed by atoms with E-state index in [4.69, 9.17) is 52.2 Å². The molecule has 18 heteroatoms. The molecule has 1 unspecified atom stereocenters. The lowest BCUT2D eigenvalue weighted by molar-refractivity contribution is -0.155. The van der Waals surface area contributed by atoms with Gasteiger partial charge in [-0.3, -0.25) is 9.36 Å². The van der Waals surface area contributed by atoms with Crippen molar-refractivity contribution in [1.82, 2.24) is 24.2 Å². The second-order valence-corrected chi connectivity index (χ2v) is 22.4. The van der Waals surface area contributed by atoms with Crippen LogP contribution in [0, 0.1) is 11.3 Å². The zero-order valence-corrected chi connectivity index (χ0v) is 50.2. The van der Waals surface area contributed by atoms with E-state index in [9.17, 15) is 10.1 Å². The summed E-state index contributed by atoms with van der Waals surface area (Å²) in [4.78, 5) is 28.2. The van der Waals surface area contributed by atoms with Crippen LogP contribution < -0.4 is 24.3 Å². The van der Waals surface area contributed by atoms with Crippen LogP contribution in [0.3, 0.4) is 0 Å². The first kappa shape index (κ1) is 60.6. The van der Waals surface area contributed by atoms with Crippen LogP contribution in [0.25, 0.3) is 11.2 Å². The van der Waals surface area contributed by atoms with Crippen molar-refractivity contribution in [2.45, 2.75) is 81.9 Å². The first-order valence-corrected chi connectivity index (χ1v) is 29.5. The summed E-state index contributed by atoms with van der Waals surface area (Å²) in [7, 11) is 4.71. The molecule has 0 saturated carbocycles. The predicted molar refractivity (Wildman–Crippen MR) is 329 cm³/mol. The third-order valence-corrected chi connectivity index (χ3v) is 17.2. The third kappa shape index (κ3) is 12.6. The number of carbonyl (C=O) groups excluding carboxylic acids is 1. The van der Waals surface area contributed by atoms with E-state index >= 15 is 0 Å². The summed E-state index contributed by atoms with van der Waals surface area (Å²) in [6.45, 7) is 8.39. The SMILES string of the molecule is COc1ccc(C(O[C@@H]2[C@H](OC(c3ccccc3)(c3ccc(OC)cc3)c3ccc(OC)cc3)[C@@H](COP(OCCC#N)N(C(C)C)C(C)C)O[C@H]2n2cnc3c(NC(=O)c4ccccc4)ncnc32)(c2ccccc2)c2ccc(OC)cc2)cc1. The molecule has 1 aliphatic heterocycles. The summed E-state index contributed by atoms with van der Waals surface area (Å²) < 4.78 is 65.2. The molecule has 1 aliphatic rings. The van der Waals surface area contributed by atoms with Gasteiger partial charge in [-0.15, -0.1) is 0 Å². The molecule has 86 heavy (non-hydrogen) atoms. The quantitative estimate of drug-likeness (QED) is 0.0307. The number of fused-ring (bicyclic) bond motifs is 1. The Bertz CT molecular complexity index is 3570. The van der Waals surface area contributed by atoms with Crippen molar-refractivity contribution in [3.05, 3.63) is 240 Å². The zero-order valence-electron chi connectivity index (χ0n) is 49.4. The number of methoxy groups -OCH3 is 4. The fraction of sp³-hybridized carbons (Fsp3) is 0.279. The van der Waals surface area contributed by atoms with Crippen LogP contribution in [0.2, 0.25) is 0 Å². The Morgan fingerprint density at radius 3 is 1.45 bits per heavy atom. The number of rotatable bonds is 26. The number of nitriles is 1. The number of ether oxygens (including phenoxy) is 7. The van der Waals surface area contributed by atoms with Gasteiger partial charge in [0, 0.05) is 17.6 Å². The van der Waals surface area contributed by atoms with E-state index in [2.05, 4.69) is 48.7 Å².